The molecule has 6 nitrogen and oxygen atoms in total. The molecule has 0 bridgehead atoms. The molecule has 0 fully saturated rings. The van der Waals surface area contributed by atoms with E-state index in [1.165, 1.54) is 9.08 Å². The Morgan fingerprint density at radius 1 is 1.25 bits per heavy atom. The Bertz CT molecular complexity index is 777. The summed E-state index contributed by atoms with van der Waals surface area (Å²) >= 11 is 3.39. The highest BCUT2D eigenvalue weighted by atomic mass is 79.9. The van der Waals surface area contributed by atoms with E-state index < -0.39 is 0 Å². The standard InChI is InChI=1S/C13H12BrN5O/c14-10-1-3-11(4-2-10)16-6-8-19-13(20)18-7-5-15-9-12(18)17-19/h1-5,7,9,16H,6,8H2. The number of halogens is 1. The van der Waals surface area contributed by atoms with E-state index in [0.29, 0.717) is 18.7 Å². The van der Waals surface area contributed by atoms with Crippen LogP contribution in [0.4, 0.5) is 5.69 Å². The minimum atomic E-state index is -0.153. The summed E-state index contributed by atoms with van der Waals surface area (Å²) in [6.45, 7) is 1.12. The number of benzene rings is 1. The smallest absolute Gasteiger partial charge is 0.350 e. The molecule has 0 saturated heterocycles. The van der Waals surface area contributed by atoms with Crippen molar-refractivity contribution in [1.29, 1.82) is 0 Å². The van der Waals surface area contributed by atoms with Crippen molar-refractivity contribution in [2.24, 2.45) is 0 Å². The summed E-state index contributed by atoms with van der Waals surface area (Å²) in [7, 11) is 0. The molecule has 0 unspecified atom stereocenters. The molecule has 0 aliphatic carbocycles. The van der Waals surface area contributed by atoms with Crippen LogP contribution >= 0.6 is 15.9 Å². The minimum Gasteiger partial charge on any atom is -0.383 e. The molecule has 0 radical (unpaired) electrons. The van der Waals surface area contributed by atoms with Crippen LogP contribution in [0.15, 0.2) is 52.1 Å². The molecule has 3 rings (SSSR count). The lowest BCUT2D eigenvalue weighted by Gasteiger charge is -2.05. The first-order valence-corrected chi connectivity index (χ1v) is 6.92. The first-order chi connectivity index (χ1) is 9.74. The zero-order chi connectivity index (χ0) is 13.9. The van der Waals surface area contributed by atoms with Crippen molar-refractivity contribution in [3.63, 3.8) is 0 Å². The second kappa shape index (κ2) is 5.46. The molecule has 0 amide bonds. The summed E-state index contributed by atoms with van der Waals surface area (Å²) in [5.74, 6) is 0. The first kappa shape index (κ1) is 12.9. The lowest BCUT2D eigenvalue weighted by atomic mass is 10.3. The second-order valence-corrected chi connectivity index (χ2v) is 5.16. The molecule has 0 aliphatic heterocycles. The Labute approximate surface area is 123 Å². The van der Waals surface area contributed by atoms with Crippen LogP contribution in [-0.4, -0.2) is 25.7 Å². The van der Waals surface area contributed by atoms with Gasteiger partial charge in [-0.25, -0.2) is 13.9 Å². The highest BCUT2D eigenvalue weighted by Crippen LogP contribution is 2.13. The molecule has 1 aromatic carbocycles. The van der Waals surface area contributed by atoms with Crippen molar-refractivity contribution in [3.05, 3.63) is 57.8 Å². The number of hydrogen-bond acceptors (Lipinski definition) is 4. The summed E-state index contributed by atoms with van der Waals surface area (Å²) in [4.78, 5) is 16.0. The fraction of sp³-hybridized carbons (Fsp3) is 0.154. The van der Waals surface area contributed by atoms with Crippen LogP contribution in [0.1, 0.15) is 0 Å². The van der Waals surface area contributed by atoms with Gasteiger partial charge in [-0.15, -0.1) is 5.10 Å². The van der Waals surface area contributed by atoms with Crippen LogP contribution in [-0.2, 0) is 6.54 Å². The van der Waals surface area contributed by atoms with Crippen LogP contribution in [0.5, 0.6) is 0 Å². The van der Waals surface area contributed by atoms with E-state index in [-0.39, 0.29) is 5.69 Å². The molecule has 0 atom stereocenters. The molecular formula is C13H12BrN5O. The van der Waals surface area contributed by atoms with Gasteiger partial charge in [0.2, 0.25) is 0 Å². The highest BCUT2D eigenvalue weighted by molar-refractivity contribution is 9.10. The SMILES string of the molecule is O=c1n(CCNc2ccc(Br)cc2)nc2cnccn12. The van der Waals surface area contributed by atoms with Gasteiger partial charge in [0.1, 0.15) is 0 Å². The van der Waals surface area contributed by atoms with Crippen molar-refractivity contribution in [1.82, 2.24) is 19.2 Å². The van der Waals surface area contributed by atoms with Crippen LogP contribution in [0.3, 0.4) is 0 Å². The maximum absolute atomic E-state index is 12.0. The highest BCUT2D eigenvalue weighted by Gasteiger charge is 2.05. The number of nitrogens with one attached hydrogen (secondary N) is 1. The van der Waals surface area contributed by atoms with Gasteiger partial charge < -0.3 is 5.32 Å². The Hall–Kier alpha value is -2.15. The molecule has 3 aromatic rings. The monoisotopic (exact) mass is 333 g/mol. The van der Waals surface area contributed by atoms with Gasteiger partial charge in [0.05, 0.1) is 12.7 Å². The van der Waals surface area contributed by atoms with Gasteiger partial charge in [-0.2, -0.15) is 0 Å². The topological polar surface area (TPSA) is 64.2 Å². The largest absolute Gasteiger partial charge is 0.383 e. The average molecular weight is 334 g/mol. The van der Waals surface area contributed by atoms with Crippen molar-refractivity contribution in [2.45, 2.75) is 6.54 Å². The number of anilines is 1. The molecular weight excluding hydrogens is 322 g/mol. The Morgan fingerprint density at radius 2 is 2.05 bits per heavy atom. The molecule has 0 aliphatic rings. The van der Waals surface area contributed by atoms with E-state index in [4.69, 9.17) is 0 Å². The van der Waals surface area contributed by atoms with Gasteiger partial charge >= 0.3 is 5.69 Å². The van der Waals surface area contributed by atoms with Gasteiger partial charge in [-0.05, 0) is 24.3 Å². The number of fused-ring (bicyclic) bond motifs is 1. The van der Waals surface area contributed by atoms with Crippen LogP contribution < -0.4 is 11.0 Å². The van der Waals surface area contributed by atoms with E-state index in [9.17, 15) is 4.79 Å². The van der Waals surface area contributed by atoms with Gasteiger partial charge in [-0.1, -0.05) is 15.9 Å². The minimum absolute atomic E-state index is 0.153. The lowest BCUT2D eigenvalue weighted by Crippen LogP contribution is -2.24. The van der Waals surface area contributed by atoms with Crippen LogP contribution in [0, 0.1) is 0 Å². The van der Waals surface area contributed by atoms with Crippen molar-refractivity contribution >= 4 is 27.3 Å². The van der Waals surface area contributed by atoms with Crippen LogP contribution in [0.2, 0.25) is 0 Å². The molecule has 0 spiro atoms. The average Bonchev–Trinajstić information content (AvgIpc) is 2.78. The summed E-state index contributed by atoms with van der Waals surface area (Å²) in [6, 6.07) is 7.87. The van der Waals surface area contributed by atoms with Crippen molar-refractivity contribution in [3.8, 4) is 0 Å². The summed E-state index contributed by atoms with van der Waals surface area (Å²) in [6.07, 6.45) is 4.75. The summed E-state index contributed by atoms with van der Waals surface area (Å²) in [5, 5.41) is 7.46. The number of rotatable bonds is 4. The number of nitrogens with zero attached hydrogens (tertiary/aromatic N) is 4. The third-order valence-corrected chi connectivity index (χ3v) is 3.41. The molecule has 2 heterocycles. The number of hydrogen-bond donors (Lipinski definition) is 1. The Balaban J connectivity index is 1.69. The normalized spacial score (nSPS) is 10.8. The first-order valence-electron chi connectivity index (χ1n) is 6.13. The van der Waals surface area contributed by atoms with Crippen molar-refractivity contribution < 1.29 is 0 Å². The predicted octanol–water partition coefficient (Wildman–Crippen LogP) is 1.77. The maximum atomic E-state index is 12.0. The van der Waals surface area contributed by atoms with E-state index in [1.54, 1.807) is 18.6 Å². The third-order valence-electron chi connectivity index (χ3n) is 2.89. The fourth-order valence-electron chi connectivity index (χ4n) is 1.90. The zero-order valence-electron chi connectivity index (χ0n) is 10.5. The molecule has 1 N–H and O–H groups in total. The lowest BCUT2D eigenvalue weighted by molar-refractivity contribution is 0.614. The quantitative estimate of drug-likeness (QED) is 0.790. The van der Waals surface area contributed by atoms with Gasteiger partial charge in [0, 0.05) is 29.1 Å². The van der Waals surface area contributed by atoms with Crippen LogP contribution in [0.25, 0.3) is 5.65 Å². The van der Waals surface area contributed by atoms with Gasteiger partial charge in [-0.3, -0.25) is 4.98 Å². The number of aromatic nitrogens is 4. The zero-order valence-corrected chi connectivity index (χ0v) is 12.1. The second-order valence-electron chi connectivity index (χ2n) is 4.24. The molecule has 7 heteroatoms. The molecule has 20 heavy (non-hydrogen) atoms. The predicted molar refractivity (Wildman–Crippen MR) is 79.9 cm³/mol. The Morgan fingerprint density at radius 3 is 2.80 bits per heavy atom. The van der Waals surface area contributed by atoms with Gasteiger partial charge in [0.25, 0.3) is 0 Å². The van der Waals surface area contributed by atoms with E-state index in [0.717, 1.165) is 10.2 Å². The van der Waals surface area contributed by atoms with E-state index in [2.05, 4.69) is 31.3 Å². The summed E-state index contributed by atoms with van der Waals surface area (Å²) in [5.41, 5.74) is 1.41. The van der Waals surface area contributed by atoms with E-state index >= 15 is 0 Å². The molecule has 2 aromatic heterocycles. The maximum Gasteiger partial charge on any atom is 0.350 e. The summed E-state index contributed by atoms with van der Waals surface area (Å²) < 4.78 is 3.95. The third kappa shape index (κ3) is 2.57. The van der Waals surface area contributed by atoms with Crippen molar-refractivity contribution in [2.75, 3.05) is 11.9 Å². The van der Waals surface area contributed by atoms with Gasteiger partial charge in [0.15, 0.2) is 5.65 Å². The Kier molecular flexibility index (Phi) is 3.51. The molecule has 0 saturated carbocycles. The molecule has 102 valence electrons. The van der Waals surface area contributed by atoms with E-state index in [1.807, 2.05) is 24.3 Å². The fourth-order valence-corrected chi connectivity index (χ4v) is 2.16.